The van der Waals surface area contributed by atoms with Crippen LogP contribution < -0.4 is 0 Å². The first-order valence-electron chi connectivity index (χ1n) is 10.2. The number of hydrogen-bond donors (Lipinski definition) is 0. The van der Waals surface area contributed by atoms with Gasteiger partial charge in [0.15, 0.2) is 0 Å². The Kier molecular flexibility index (Phi) is 8.17. The number of rotatable bonds is 9. The van der Waals surface area contributed by atoms with E-state index in [0.29, 0.717) is 12.1 Å². The zero-order chi connectivity index (χ0) is 18.4. The third-order valence-electron chi connectivity index (χ3n) is 5.85. The zero-order valence-electron chi connectivity index (χ0n) is 17.0. The van der Waals surface area contributed by atoms with Gasteiger partial charge in [-0.15, -0.1) is 0 Å². The van der Waals surface area contributed by atoms with Crippen molar-refractivity contribution in [2.75, 3.05) is 52.9 Å². The summed E-state index contributed by atoms with van der Waals surface area (Å²) in [6.07, 6.45) is 3.27. The molecule has 5 heteroatoms. The second kappa shape index (κ2) is 9.89. The number of ether oxygens (including phenoxy) is 1. The molecule has 0 N–H and O–H groups in total. The molecule has 2 rings (SSSR count). The van der Waals surface area contributed by atoms with Crippen molar-refractivity contribution in [2.24, 2.45) is 11.8 Å². The molecule has 0 spiro atoms. The highest BCUT2D eigenvalue weighted by Gasteiger charge is 2.35. The van der Waals surface area contributed by atoms with Gasteiger partial charge in [-0.25, -0.2) is 0 Å². The molecule has 1 atom stereocenters. The molecule has 0 aromatic rings. The topological polar surface area (TPSA) is 36.0 Å². The van der Waals surface area contributed by atoms with Crippen molar-refractivity contribution in [3.63, 3.8) is 0 Å². The highest BCUT2D eigenvalue weighted by atomic mass is 16.5. The molecule has 25 heavy (non-hydrogen) atoms. The van der Waals surface area contributed by atoms with E-state index in [9.17, 15) is 4.79 Å². The van der Waals surface area contributed by atoms with Crippen LogP contribution in [-0.2, 0) is 9.53 Å². The fraction of sp³-hybridized carbons (Fsp3) is 0.950. The fourth-order valence-electron chi connectivity index (χ4n) is 3.75. The molecule has 0 aromatic carbocycles. The van der Waals surface area contributed by atoms with Gasteiger partial charge >= 0.3 is 0 Å². The van der Waals surface area contributed by atoms with Crippen molar-refractivity contribution in [3.8, 4) is 0 Å². The Morgan fingerprint density at radius 1 is 1.12 bits per heavy atom. The standard InChI is InChI=1S/C20H39N3O2/c1-6-17(4)20(24)21(5)18-13-19(14-18)25-12-11-22-7-9-23(10-8-22)15-16(2)3/h16-19H,6-15H2,1-5H3/t17?,18-,19-. The van der Waals surface area contributed by atoms with E-state index in [0.717, 1.165) is 51.4 Å². The molecule has 146 valence electrons. The van der Waals surface area contributed by atoms with Crippen molar-refractivity contribution >= 4 is 5.91 Å². The molecule has 1 heterocycles. The van der Waals surface area contributed by atoms with E-state index in [4.69, 9.17) is 4.74 Å². The first-order chi connectivity index (χ1) is 11.9. The lowest BCUT2D eigenvalue weighted by Gasteiger charge is -2.42. The molecule has 1 amide bonds. The normalized spacial score (nSPS) is 26.5. The van der Waals surface area contributed by atoms with Crippen LogP contribution in [-0.4, -0.2) is 85.7 Å². The molecular weight excluding hydrogens is 314 g/mol. The Morgan fingerprint density at radius 3 is 2.28 bits per heavy atom. The predicted molar refractivity (Wildman–Crippen MR) is 103 cm³/mol. The van der Waals surface area contributed by atoms with Gasteiger partial charge in [0.1, 0.15) is 0 Å². The highest BCUT2D eigenvalue weighted by molar-refractivity contribution is 5.78. The van der Waals surface area contributed by atoms with Crippen LogP contribution in [0.5, 0.6) is 0 Å². The number of piperazine rings is 1. The summed E-state index contributed by atoms with van der Waals surface area (Å²) in [7, 11) is 1.95. The monoisotopic (exact) mass is 353 g/mol. The molecule has 0 radical (unpaired) electrons. The van der Waals surface area contributed by atoms with Gasteiger partial charge in [0.05, 0.1) is 12.7 Å². The van der Waals surface area contributed by atoms with Crippen LogP contribution in [0.25, 0.3) is 0 Å². The summed E-state index contributed by atoms with van der Waals surface area (Å²) in [6.45, 7) is 16.5. The first-order valence-corrected chi connectivity index (χ1v) is 10.2. The van der Waals surface area contributed by atoms with Crippen molar-refractivity contribution < 1.29 is 9.53 Å². The third-order valence-corrected chi connectivity index (χ3v) is 5.85. The zero-order valence-corrected chi connectivity index (χ0v) is 17.0. The lowest BCUT2D eigenvalue weighted by atomic mass is 9.87. The molecule has 1 aliphatic carbocycles. The molecule has 1 aliphatic heterocycles. The largest absolute Gasteiger partial charge is 0.377 e. The molecule has 1 saturated carbocycles. The molecule has 2 aliphatic rings. The fourth-order valence-corrected chi connectivity index (χ4v) is 3.75. The predicted octanol–water partition coefficient (Wildman–Crippen LogP) is 2.31. The number of carbonyl (C=O) groups is 1. The number of nitrogens with zero attached hydrogens (tertiary/aromatic N) is 3. The average Bonchev–Trinajstić information content (AvgIpc) is 2.55. The Morgan fingerprint density at radius 2 is 1.72 bits per heavy atom. The minimum Gasteiger partial charge on any atom is -0.377 e. The van der Waals surface area contributed by atoms with E-state index in [2.05, 4.69) is 30.6 Å². The second-order valence-electron chi connectivity index (χ2n) is 8.41. The summed E-state index contributed by atoms with van der Waals surface area (Å²) in [5.74, 6) is 1.18. The van der Waals surface area contributed by atoms with E-state index < -0.39 is 0 Å². The highest BCUT2D eigenvalue weighted by Crippen LogP contribution is 2.28. The van der Waals surface area contributed by atoms with Crippen LogP contribution in [0.2, 0.25) is 0 Å². The maximum atomic E-state index is 12.2. The summed E-state index contributed by atoms with van der Waals surface area (Å²) in [5, 5.41) is 0. The van der Waals surface area contributed by atoms with E-state index in [1.165, 1.54) is 19.6 Å². The second-order valence-corrected chi connectivity index (χ2v) is 8.41. The molecule has 1 unspecified atom stereocenters. The summed E-state index contributed by atoms with van der Waals surface area (Å²) >= 11 is 0. The van der Waals surface area contributed by atoms with Crippen molar-refractivity contribution in [3.05, 3.63) is 0 Å². The van der Waals surface area contributed by atoms with Crippen LogP contribution in [0.1, 0.15) is 47.0 Å². The van der Waals surface area contributed by atoms with Crippen molar-refractivity contribution in [1.82, 2.24) is 14.7 Å². The molecular formula is C20H39N3O2. The van der Waals surface area contributed by atoms with Gasteiger partial charge in [0.25, 0.3) is 0 Å². The summed E-state index contributed by atoms with van der Waals surface area (Å²) in [4.78, 5) is 19.2. The van der Waals surface area contributed by atoms with Gasteiger partial charge < -0.3 is 14.5 Å². The van der Waals surface area contributed by atoms with Gasteiger partial charge in [-0.3, -0.25) is 9.69 Å². The van der Waals surface area contributed by atoms with E-state index in [-0.39, 0.29) is 11.8 Å². The van der Waals surface area contributed by atoms with Gasteiger partial charge in [0.2, 0.25) is 5.91 Å². The molecule has 5 nitrogen and oxygen atoms in total. The van der Waals surface area contributed by atoms with Gasteiger partial charge in [0, 0.05) is 58.3 Å². The average molecular weight is 354 g/mol. The van der Waals surface area contributed by atoms with Crippen molar-refractivity contribution in [2.45, 2.75) is 59.1 Å². The molecule has 0 aromatic heterocycles. The SMILES string of the molecule is CCC(C)C(=O)N(C)[C@H]1C[C@H](OCCN2CCN(CC(C)C)CC2)C1. The maximum Gasteiger partial charge on any atom is 0.225 e. The summed E-state index contributed by atoms with van der Waals surface area (Å²) in [6, 6.07) is 0.381. The van der Waals surface area contributed by atoms with Gasteiger partial charge in [-0.05, 0) is 25.2 Å². The van der Waals surface area contributed by atoms with Gasteiger partial charge in [-0.1, -0.05) is 27.7 Å². The molecule has 2 fully saturated rings. The molecule has 0 bridgehead atoms. The van der Waals surface area contributed by atoms with Crippen molar-refractivity contribution in [1.29, 1.82) is 0 Å². The minimum absolute atomic E-state index is 0.138. The minimum atomic E-state index is 0.138. The van der Waals surface area contributed by atoms with Crippen LogP contribution in [0.4, 0.5) is 0 Å². The lowest BCUT2D eigenvalue weighted by molar-refractivity contribution is -0.141. The van der Waals surface area contributed by atoms with E-state index in [1.54, 1.807) is 0 Å². The number of amides is 1. The Balaban J connectivity index is 1.54. The lowest BCUT2D eigenvalue weighted by Crippen LogP contribution is -2.51. The number of carbonyl (C=O) groups excluding carboxylic acids is 1. The van der Waals surface area contributed by atoms with Crippen LogP contribution in [0, 0.1) is 11.8 Å². The Bertz CT molecular complexity index is 402. The Labute approximate surface area is 154 Å². The smallest absolute Gasteiger partial charge is 0.225 e. The summed E-state index contributed by atoms with van der Waals surface area (Å²) < 4.78 is 6.03. The van der Waals surface area contributed by atoms with E-state index in [1.807, 2.05) is 18.9 Å². The van der Waals surface area contributed by atoms with E-state index >= 15 is 0 Å². The van der Waals surface area contributed by atoms with Crippen LogP contribution in [0.3, 0.4) is 0 Å². The summed E-state index contributed by atoms with van der Waals surface area (Å²) in [5.41, 5.74) is 0. The van der Waals surface area contributed by atoms with Gasteiger partial charge in [-0.2, -0.15) is 0 Å². The third kappa shape index (κ3) is 6.22. The van der Waals surface area contributed by atoms with Crippen LogP contribution in [0.15, 0.2) is 0 Å². The first kappa shape index (κ1) is 20.7. The van der Waals surface area contributed by atoms with Crippen LogP contribution >= 0.6 is 0 Å². The maximum absolute atomic E-state index is 12.2. The number of hydrogen-bond acceptors (Lipinski definition) is 4. The quantitative estimate of drug-likeness (QED) is 0.637. The molecule has 1 saturated heterocycles. The Hall–Kier alpha value is -0.650.